The van der Waals surface area contributed by atoms with Gasteiger partial charge in [0.1, 0.15) is 0 Å². The van der Waals surface area contributed by atoms with Gasteiger partial charge in [-0.25, -0.2) is 0 Å². The number of allylic oxidation sites excluding steroid dienone is 4. The average molecular weight is 359 g/mol. The largest absolute Gasteiger partial charge is 0.398 e. The standard InChI is InChI=1S/C23H25N3O/c24-22-10-7-19(17-3-1-2-4-17)15-20(22)16-23(27)18-5-8-21(9-6-18)26-13-11-25-12-14-26/h1-3,5-10,15,25H,4,11-14,16,24H2. The van der Waals surface area contributed by atoms with Crippen molar-refractivity contribution in [1.29, 1.82) is 0 Å². The molecule has 1 heterocycles. The van der Waals surface area contributed by atoms with Crippen LogP contribution in [0.15, 0.2) is 60.7 Å². The van der Waals surface area contributed by atoms with E-state index in [1.54, 1.807) is 0 Å². The van der Waals surface area contributed by atoms with Crippen LogP contribution in [0, 0.1) is 0 Å². The molecule has 4 rings (SSSR count). The fourth-order valence-corrected chi connectivity index (χ4v) is 3.68. The number of nitrogen functional groups attached to an aromatic ring is 1. The van der Waals surface area contributed by atoms with Gasteiger partial charge < -0.3 is 16.0 Å². The van der Waals surface area contributed by atoms with Crippen LogP contribution in [0.25, 0.3) is 5.57 Å². The molecule has 0 aromatic heterocycles. The highest BCUT2D eigenvalue weighted by Gasteiger charge is 2.14. The predicted octanol–water partition coefficient (Wildman–Crippen LogP) is 3.45. The number of nitrogens with zero attached hydrogens (tertiary/aromatic N) is 1. The Hall–Kier alpha value is -2.85. The van der Waals surface area contributed by atoms with Gasteiger partial charge in [0.15, 0.2) is 5.78 Å². The Morgan fingerprint density at radius 1 is 1.07 bits per heavy atom. The third-order valence-electron chi connectivity index (χ3n) is 5.31. The van der Waals surface area contributed by atoms with Crippen molar-refractivity contribution in [1.82, 2.24) is 5.32 Å². The number of benzene rings is 2. The van der Waals surface area contributed by atoms with E-state index < -0.39 is 0 Å². The first-order chi connectivity index (χ1) is 13.2. The second-order valence-corrected chi connectivity index (χ2v) is 7.12. The molecule has 2 aromatic carbocycles. The van der Waals surface area contributed by atoms with E-state index in [9.17, 15) is 4.79 Å². The molecule has 0 amide bonds. The first-order valence-corrected chi connectivity index (χ1v) is 9.54. The van der Waals surface area contributed by atoms with E-state index in [4.69, 9.17) is 5.73 Å². The third kappa shape index (κ3) is 3.96. The Labute approximate surface area is 160 Å². The van der Waals surface area contributed by atoms with Gasteiger partial charge in [0.05, 0.1) is 0 Å². The van der Waals surface area contributed by atoms with Crippen LogP contribution in [-0.2, 0) is 6.42 Å². The van der Waals surface area contributed by atoms with E-state index in [0.717, 1.165) is 49.3 Å². The molecule has 0 bridgehead atoms. The number of nitrogens with two attached hydrogens (primary N) is 1. The van der Waals surface area contributed by atoms with Crippen LogP contribution < -0.4 is 16.0 Å². The summed E-state index contributed by atoms with van der Waals surface area (Å²) in [7, 11) is 0. The van der Waals surface area contributed by atoms with Gasteiger partial charge in [-0.2, -0.15) is 0 Å². The molecule has 2 aliphatic rings. The number of hydrogen-bond donors (Lipinski definition) is 2. The maximum absolute atomic E-state index is 12.8. The molecule has 138 valence electrons. The SMILES string of the molecule is Nc1ccc(C2=CC=CC2)cc1CC(=O)c1ccc(N2CCNCC2)cc1. The van der Waals surface area contributed by atoms with Gasteiger partial charge in [-0.3, -0.25) is 4.79 Å². The van der Waals surface area contributed by atoms with Crippen LogP contribution in [-0.4, -0.2) is 32.0 Å². The lowest BCUT2D eigenvalue weighted by Gasteiger charge is -2.29. The summed E-state index contributed by atoms with van der Waals surface area (Å²) in [6.45, 7) is 4.01. The van der Waals surface area contributed by atoms with Crippen LogP contribution >= 0.6 is 0 Å². The lowest BCUT2D eigenvalue weighted by molar-refractivity contribution is 0.0993. The van der Waals surface area contributed by atoms with Crippen molar-refractivity contribution in [2.75, 3.05) is 36.8 Å². The summed E-state index contributed by atoms with van der Waals surface area (Å²) >= 11 is 0. The highest BCUT2D eigenvalue weighted by atomic mass is 16.1. The van der Waals surface area contributed by atoms with Crippen molar-refractivity contribution in [3.05, 3.63) is 77.4 Å². The number of carbonyl (C=O) groups excluding carboxylic acids is 1. The van der Waals surface area contributed by atoms with E-state index in [1.807, 2.05) is 36.4 Å². The van der Waals surface area contributed by atoms with Crippen molar-refractivity contribution in [3.63, 3.8) is 0 Å². The molecule has 0 unspecified atom stereocenters. The van der Waals surface area contributed by atoms with Crippen molar-refractivity contribution in [2.45, 2.75) is 12.8 Å². The monoisotopic (exact) mass is 359 g/mol. The second-order valence-electron chi connectivity index (χ2n) is 7.12. The molecule has 4 nitrogen and oxygen atoms in total. The van der Waals surface area contributed by atoms with Gasteiger partial charge in [0, 0.05) is 49.5 Å². The second kappa shape index (κ2) is 7.80. The molecule has 0 radical (unpaired) electrons. The first kappa shape index (κ1) is 17.6. The van der Waals surface area contributed by atoms with Crippen LogP contribution in [0.2, 0.25) is 0 Å². The Bertz CT molecular complexity index is 890. The van der Waals surface area contributed by atoms with Gasteiger partial charge >= 0.3 is 0 Å². The number of anilines is 2. The molecule has 1 aliphatic heterocycles. The maximum Gasteiger partial charge on any atom is 0.167 e. The number of Topliss-reactive ketones (excluding diaryl/α,β-unsaturated/α-hetero) is 1. The van der Waals surface area contributed by atoms with E-state index in [-0.39, 0.29) is 5.78 Å². The zero-order valence-corrected chi connectivity index (χ0v) is 15.4. The fourth-order valence-electron chi connectivity index (χ4n) is 3.68. The van der Waals surface area contributed by atoms with Crippen molar-refractivity contribution < 1.29 is 4.79 Å². The van der Waals surface area contributed by atoms with Gasteiger partial charge in [-0.1, -0.05) is 24.3 Å². The minimum Gasteiger partial charge on any atom is -0.398 e. The quantitative estimate of drug-likeness (QED) is 0.634. The molecule has 27 heavy (non-hydrogen) atoms. The molecule has 1 fully saturated rings. The third-order valence-corrected chi connectivity index (χ3v) is 5.31. The first-order valence-electron chi connectivity index (χ1n) is 9.54. The van der Waals surface area contributed by atoms with E-state index >= 15 is 0 Å². The molecule has 4 heteroatoms. The van der Waals surface area contributed by atoms with Gasteiger partial charge in [0.2, 0.25) is 0 Å². The highest BCUT2D eigenvalue weighted by Crippen LogP contribution is 2.27. The fraction of sp³-hybridized carbons (Fsp3) is 0.261. The molecule has 1 saturated heterocycles. The van der Waals surface area contributed by atoms with Gasteiger partial charge in [0.25, 0.3) is 0 Å². The number of piperazine rings is 1. The van der Waals surface area contributed by atoms with E-state index in [1.165, 1.54) is 11.3 Å². The smallest absolute Gasteiger partial charge is 0.167 e. The van der Waals surface area contributed by atoms with Crippen LogP contribution in [0.1, 0.15) is 27.9 Å². The number of ketones is 1. The van der Waals surface area contributed by atoms with Gasteiger partial charge in [-0.15, -0.1) is 0 Å². The molecular formula is C23H25N3O. The lowest BCUT2D eigenvalue weighted by Crippen LogP contribution is -2.43. The lowest BCUT2D eigenvalue weighted by atomic mass is 9.96. The summed E-state index contributed by atoms with van der Waals surface area (Å²) in [6.07, 6.45) is 7.58. The van der Waals surface area contributed by atoms with Gasteiger partial charge in [-0.05, 0) is 59.5 Å². The topological polar surface area (TPSA) is 58.4 Å². The Morgan fingerprint density at radius 3 is 2.56 bits per heavy atom. The number of hydrogen-bond acceptors (Lipinski definition) is 4. The Morgan fingerprint density at radius 2 is 1.85 bits per heavy atom. The highest BCUT2D eigenvalue weighted by molar-refractivity contribution is 5.98. The summed E-state index contributed by atoms with van der Waals surface area (Å²) in [5, 5.41) is 3.36. The maximum atomic E-state index is 12.8. The number of rotatable bonds is 5. The van der Waals surface area contributed by atoms with Crippen LogP contribution in [0.3, 0.4) is 0 Å². The molecule has 0 spiro atoms. The van der Waals surface area contributed by atoms with Crippen molar-refractivity contribution >= 4 is 22.7 Å². The normalized spacial score (nSPS) is 16.4. The zero-order chi connectivity index (χ0) is 18.6. The summed E-state index contributed by atoms with van der Waals surface area (Å²) in [6, 6.07) is 14.0. The molecule has 3 N–H and O–H groups in total. The minimum atomic E-state index is 0.101. The molecule has 0 atom stereocenters. The summed E-state index contributed by atoms with van der Waals surface area (Å²) in [5.41, 5.74) is 12.0. The molecule has 1 aliphatic carbocycles. The van der Waals surface area contributed by atoms with Crippen molar-refractivity contribution in [2.24, 2.45) is 0 Å². The zero-order valence-electron chi connectivity index (χ0n) is 15.4. The van der Waals surface area contributed by atoms with Crippen LogP contribution in [0.4, 0.5) is 11.4 Å². The summed E-state index contributed by atoms with van der Waals surface area (Å²) in [4.78, 5) is 15.1. The predicted molar refractivity (Wildman–Crippen MR) is 112 cm³/mol. The molecule has 2 aromatic rings. The Kier molecular flexibility index (Phi) is 5.07. The van der Waals surface area contributed by atoms with E-state index in [0.29, 0.717) is 12.1 Å². The number of carbonyl (C=O) groups is 1. The average Bonchev–Trinajstić information content (AvgIpc) is 3.25. The number of nitrogens with one attached hydrogen (secondary N) is 1. The van der Waals surface area contributed by atoms with Crippen molar-refractivity contribution in [3.8, 4) is 0 Å². The summed E-state index contributed by atoms with van der Waals surface area (Å²) < 4.78 is 0. The molecular weight excluding hydrogens is 334 g/mol. The van der Waals surface area contributed by atoms with E-state index in [2.05, 4.69) is 34.5 Å². The van der Waals surface area contributed by atoms with Crippen LogP contribution in [0.5, 0.6) is 0 Å². The summed E-state index contributed by atoms with van der Waals surface area (Å²) in [5.74, 6) is 0.101. The Balaban J connectivity index is 1.48. The molecule has 0 saturated carbocycles. The minimum absolute atomic E-state index is 0.101.